The van der Waals surface area contributed by atoms with Crippen molar-refractivity contribution in [1.82, 2.24) is 9.99 Å². The lowest BCUT2D eigenvalue weighted by Crippen LogP contribution is -2.26. The third-order valence-corrected chi connectivity index (χ3v) is 4.16. The summed E-state index contributed by atoms with van der Waals surface area (Å²) in [7, 11) is 0. The molecule has 1 atom stereocenters. The first-order valence-electron chi connectivity index (χ1n) is 7.87. The van der Waals surface area contributed by atoms with Crippen LogP contribution in [0.4, 0.5) is 0 Å². The van der Waals surface area contributed by atoms with Crippen LogP contribution in [0.25, 0.3) is 0 Å². The van der Waals surface area contributed by atoms with E-state index in [1.807, 2.05) is 18.2 Å². The van der Waals surface area contributed by atoms with Crippen LogP contribution in [0.5, 0.6) is 5.75 Å². The minimum atomic E-state index is -0.401. The van der Waals surface area contributed by atoms with Crippen molar-refractivity contribution in [2.45, 2.75) is 12.5 Å². The van der Waals surface area contributed by atoms with Crippen molar-refractivity contribution in [2.24, 2.45) is 5.10 Å². The zero-order valence-corrected chi connectivity index (χ0v) is 13.2. The molecule has 0 aliphatic carbocycles. The Balaban J connectivity index is 1.75. The number of benzene rings is 1. The second-order valence-electron chi connectivity index (χ2n) is 5.69. The number of carbonyl (C=O) groups is 1. The molecule has 1 amide bonds. The van der Waals surface area contributed by atoms with Crippen molar-refractivity contribution in [1.29, 1.82) is 0 Å². The standard InChI is InChI=1S/C19H15N3O3/c23-17-5-2-1-4-14(17)16-12-15(13-7-9-20-10-8-13)21-22(16)19(24)18-6-3-11-25-18/h1-11,16,23H,12H2. The molecule has 1 aliphatic heterocycles. The number of para-hydroxylation sites is 1. The first-order chi connectivity index (χ1) is 12.2. The van der Waals surface area contributed by atoms with Crippen molar-refractivity contribution in [2.75, 3.05) is 0 Å². The molecular formula is C19H15N3O3. The van der Waals surface area contributed by atoms with Crippen LogP contribution in [0.3, 0.4) is 0 Å². The fraction of sp³-hybridized carbons (Fsp3) is 0.105. The molecule has 1 aliphatic rings. The van der Waals surface area contributed by atoms with Crippen LogP contribution in [0, 0.1) is 0 Å². The molecule has 3 aromatic rings. The molecule has 3 heterocycles. The molecule has 0 saturated carbocycles. The van der Waals surface area contributed by atoms with Crippen LogP contribution in [0.2, 0.25) is 0 Å². The predicted octanol–water partition coefficient (Wildman–Crippen LogP) is 3.37. The van der Waals surface area contributed by atoms with Gasteiger partial charge in [-0.1, -0.05) is 18.2 Å². The Hall–Kier alpha value is -3.41. The highest BCUT2D eigenvalue weighted by Crippen LogP contribution is 2.37. The number of pyridine rings is 1. The second-order valence-corrected chi connectivity index (χ2v) is 5.69. The summed E-state index contributed by atoms with van der Waals surface area (Å²) < 4.78 is 5.23. The lowest BCUT2D eigenvalue weighted by molar-refractivity contribution is 0.0677. The Labute approximate surface area is 144 Å². The van der Waals surface area contributed by atoms with E-state index in [4.69, 9.17) is 4.42 Å². The van der Waals surface area contributed by atoms with Gasteiger partial charge in [0.25, 0.3) is 0 Å². The zero-order chi connectivity index (χ0) is 17.2. The number of furan rings is 1. The number of nitrogens with zero attached hydrogens (tertiary/aromatic N) is 3. The number of rotatable bonds is 3. The zero-order valence-electron chi connectivity index (χ0n) is 13.2. The predicted molar refractivity (Wildman–Crippen MR) is 91.1 cm³/mol. The van der Waals surface area contributed by atoms with Gasteiger partial charge in [0, 0.05) is 29.9 Å². The average Bonchev–Trinajstić information content (AvgIpc) is 3.32. The SMILES string of the molecule is O=C(c1ccco1)N1N=C(c2ccncc2)CC1c1ccccc1O. The molecule has 1 aromatic carbocycles. The van der Waals surface area contributed by atoms with Crippen molar-refractivity contribution >= 4 is 11.6 Å². The maximum absolute atomic E-state index is 12.8. The van der Waals surface area contributed by atoms with Gasteiger partial charge in [-0.3, -0.25) is 9.78 Å². The number of amides is 1. The first-order valence-corrected chi connectivity index (χ1v) is 7.87. The van der Waals surface area contributed by atoms with Crippen LogP contribution < -0.4 is 0 Å². The van der Waals surface area contributed by atoms with E-state index in [0.29, 0.717) is 12.0 Å². The maximum atomic E-state index is 12.8. The number of phenols is 1. The molecular weight excluding hydrogens is 318 g/mol. The van der Waals surface area contributed by atoms with Gasteiger partial charge in [-0.2, -0.15) is 5.10 Å². The highest BCUT2D eigenvalue weighted by atomic mass is 16.3. The van der Waals surface area contributed by atoms with Gasteiger partial charge in [0.1, 0.15) is 5.75 Å². The van der Waals surface area contributed by atoms with Gasteiger partial charge < -0.3 is 9.52 Å². The van der Waals surface area contributed by atoms with Gasteiger partial charge in [0.15, 0.2) is 5.76 Å². The summed E-state index contributed by atoms with van der Waals surface area (Å²) in [6, 6.07) is 13.5. The molecule has 2 aromatic heterocycles. The summed E-state index contributed by atoms with van der Waals surface area (Å²) in [5.74, 6) is -0.00150. The minimum absolute atomic E-state index is 0.135. The van der Waals surface area contributed by atoms with Gasteiger partial charge in [-0.15, -0.1) is 0 Å². The summed E-state index contributed by atoms with van der Waals surface area (Å²) in [6.07, 6.45) is 5.31. The molecule has 1 N–H and O–H groups in total. The van der Waals surface area contributed by atoms with E-state index in [2.05, 4.69) is 10.1 Å². The van der Waals surface area contributed by atoms with Crippen LogP contribution in [0.1, 0.15) is 34.1 Å². The molecule has 4 rings (SSSR count). The number of carbonyl (C=O) groups excluding carboxylic acids is 1. The third kappa shape index (κ3) is 2.78. The number of phenolic OH excluding ortho intramolecular Hbond substituents is 1. The van der Waals surface area contributed by atoms with Crippen molar-refractivity contribution in [3.63, 3.8) is 0 Å². The largest absolute Gasteiger partial charge is 0.508 e. The fourth-order valence-corrected chi connectivity index (χ4v) is 2.94. The van der Waals surface area contributed by atoms with Gasteiger partial charge in [0.2, 0.25) is 0 Å². The Bertz CT molecular complexity index is 920. The van der Waals surface area contributed by atoms with Gasteiger partial charge >= 0.3 is 5.91 Å². The van der Waals surface area contributed by atoms with Crippen molar-refractivity contribution in [3.8, 4) is 5.75 Å². The monoisotopic (exact) mass is 333 g/mol. The summed E-state index contributed by atoms with van der Waals surface area (Å²) in [5, 5.41) is 16.1. The number of hydrogen-bond acceptors (Lipinski definition) is 5. The molecule has 1 unspecified atom stereocenters. The molecule has 124 valence electrons. The molecule has 0 fully saturated rings. The van der Waals surface area contributed by atoms with E-state index >= 15 is 0 Å². The molecule has 6 heteroatoms. The van der Waals surface area contributed by atoms with E-state index in [1.54, 1.807) is 42.7 Å². The van der Waals surface area contributed by atoms with Crippen LogP contribution >= 0.6 is 0 Å². The highest BCUT2D eigenvalue weighted by molar-refractivity contribution is 6.04. The third-order valence-electron chi connectivity index (χ3n) is 4.16. The van der Waals surface area contributed by atoms with Crippen LogP contribution in [-0.2, 0) is 0 Å². The van der Waals surface area contributed by atoms with Crippen LogP contribution in [-0.4, -0.2) is 26.7 Å². The Morgan fingerprint density at radius 2 is 1.92 bits per heavy atom. The van der Waals surface area contributed by atoms with E-state index in [1.165, 1.54) is 11.3 Å². The molecule has 6 nitrogen and oxygen atoms in total. The highest BCUT2D eigenvalue weighted by Gasteiger charge is 2.35. The second kappa shape index (κ2) is 6.24. The van der Waals surface area contributed by atoms with Crippen LogP contribution in [0.15, 0.2) is 76.7 Å². The van der Waals surface area contributed by atoms with Crippen molar-refractivity contribution < 1.29 is 14.3 Å². The topological polar surface area (TPSA) is 78.9 Å². The lowest BCUT2D eigenvalue weighted by atomic mass is 9.98. The Morgan fingerprint density at radius 1 is 1.12 bits per heavy atom. The smallest absolute Gasteiger partial charge is 0.310 e. The number of aromatic hydroxyl groups is 1. The normalized spacial score (nSPS) is 16.7. The molecule has 0 spiro atoms. The van der Waals surface area contributed by atoms with E-state index in [0.717, 1.165) is 11.3 Å². The number of aromatic nitrogens is 1. The quantitative estimate of drug-likeness (QED) is 0.797. The Kier molecular flexibility index (Phi) is 3.78. The van der Waals surface area contributed by atoms with Gasteiger partial charge in [0.05, 0.1) is 18.0 Å². The number of hydrazone groups is 1. The average molecular weight is 333 g/mol. The van der Waals surface area contributed by atoms with Gasteiger partial charge in [-0.25, -0.2) is 5.01 Å². The number of hydrogen-bond donors (Lipinski definition) is 1. The lowest BCUT2D eigenvalue weighted by Gasteiger charge is -2.21. The molecule has 0 radical (unpaired) electrons. The molecule has 0 saturated heterocycles. The molecule has 25 heavy (non-hydrogen) atoms. The van der Waals surface area contributed by atoms with E-state index < -0.39 is 6.04 Å². The van der Waals surface area contributed by atoms with E-state index in [-0.39, 0.29) is 17.4 Å². The van der Waals surface area contributed by atoms with Crippen molar-refractivity contribution in [3.05, 3.63) is 84.1 Å². The summed E-state index contributed by atoms with van der Waals surface area (Å²) >= 11 is 0. The Morgan fingerprint density at radius 3 is 2.64 bits per heavy atom. The minimum Gasteiger partial charge on any atom is -0.508 e. The van der Waals surface area contributed by atoms with E-state index in [9.17, 15) is 9.90 Å². The van der Waals surface area contributed by atoms with Gasteiger partial charge in [-0.05, 0) is 30.3 Å². The fourth-order valence-electron chi connectivity index (χ4n) is 2.94. The first kappa shape index (κ1) is 15.1. The summed E-state index contributed by atoms with van der Waals surface area (Å²) in [4.78, 5) is 16.8. The summed E-state index contributed by atoms with van der Waals surface area (Å²) in [5.41, 5.74) is 2.30. The summed E-state index contributed by atoms with van der Waals surface area (Å²) in [6.45, 7) is 0. The maximum Gasteiger partial charge on any atom is 0.310 e. The molecule has 0 bridgehead atoms.